The summed E-state index contributed by atoms with van der Waals surface area (Å²) in [7, 11) is 3.06. The summed E-state index contributed by atoms with van der Waals surface area (Å²) in [4.78, 5) is 16.4. The Morgan fingerprint density at radius 1 is 1.32 bits per heavy atom. The summed E-state index contributed by atoms with van der Waals surface area (Å²) in [5.74, 6) is 0.903. The topological polar surface area (TPSA) is 60.5 Å². The number of halogens is 1. The maximum Gasteiger partial charge on any atom is 0.224 e. The largest absolute Gasteiger partial charge is 0.493 e. The van der Waals surface area contributed by atoms with Gasteiger partial charge in [-0.2, -0.15) is 0 Å². The average Bonchev–Trinajstić information content (AvgIpc) is 2.92. The summed E-state index contributed by atoms with van der Waals surface area (Å²) in [5, 5.41) is 6.14. The van der Waals surface area contributed by atoms with Gasteiger partial charge in [0.15, 0.2) is 11.5 Å². The molecule has 5 nitrogen and oxygen atoms in total. The van der Waals surface area contributed by atoms with Gasteiger partial charge in [-0.3, -0.25) is 4.79 Å². The number of hydrogen-bond donors (Lipinski definition) is 1. The lowest BCUT2D eigenvalue weighted by atomic mass is 10.2. The molecular weight excluding hydrogens is 324 g/mol. The molecule has 1 aromatic carbocycles. The van der Waals surface area contributed by atoms with Crippen LogP contribution in [0.15, 0.2) is 17.5 Å². The number of rotatable bonds is 6. The van der Waals surface area contributed by atoms with Crippen molar-refractivity contribution in [2.75, 3.05) is 19.5 Å². The number of amides is 1. The quantitative estimate of drug-likeness (QED) is 0.871. The highest BCUT2D eigenvalue weighted by atomic mass is 35.5. The number of carbonyl (C=O) groups excluding carboxylic acids is 1. The van der Waals surface area contributed by atoms with Crippen LogP contribution >= 0.6 is 22.9 Å². The molecule has 0 unspecified atom stereocenters. The predicted molar refractivity (Wildman–Crippen MR) is 88.4 cm³/mol. The van der Waals surface area contributed by atoms with Gasteiger partial charge in [0.25, 0.3) is 0 Å². The summed E-state index contributed by atoms with van der Waals surface area (Å²) in [5.41, 5.74) is 1.43. The molecule has 2 aromatic rings. The zero-order chi connectivity index (χ0) is 16.1. The highest BCUT2D eigenvalue weighted by Crippen LogP contribution is 2.36. The third kappa shape index (κ3) is 4.11. The van der Waals surface area contributed by atoms with Crippen molar-refractivity contribution < 1.29 is 14.3 Å². The number of nitrogens with zero attached hydrogens (tertiary/aromatic N) is 1. The highest BCUT2D eigenvalue weighted by molar-refractivity contribution is 7.09. The molecule has 1 heterocycles. The third-order valence-corrected chi connectivity index (χ3v) is 4.16. The van der Waals surface area contributed by atoms with Gasteiger partial charge in [-0.15, -0.1) is 11.3 Å². The monoisotopic (exact) mass is 340 g/mol. The number of anilines is 1. The van der Waals surface area contributed by atoms with Crippen LogP contribution in [0.4, 0.5) is 5.69 Å². The molecule has 0 aliphatic rings. The van der Waals surface area contributed by atoms with Crippen molar-refractivity contribution in [3.63, 3.8) is 0 Å². The molecule has 0 atom stereocenters. The van der Waals surface area contributed by atoms with Crippen molar-refractivity contribution >= 4 is 34.5 Å². The molecule has 2 rings (SSSR count). The molecule has 0 bridgehead atoms. The Balaban J connectivity index is 2.01. The molecule has 0 radical (unpaired) electrons. The third-order valence-electron chi connectivity index (χ3n) is 3.02. The number of nitrogens with one attached hydrogen (secondary N) is 1. The van der Waals surface area contributed by atoms with E-state index in [1.54, 1.807) is 23.5 Å². The van der Waals surface area contributed by atoms with E-state index >= 15 is 0 Å². The van der Waals surface area contributed by atoms with Crippen LogP contribution in [0.3, 0.4) is 0 Å². The number of benzene rings is 1. The number of aryl methyl sites for hydroxylation is 2. The first kappa shape index (κ1) is 16.6. The molecule has 1 N–H and O–H groups in total. The normalized spacial score (nSPS) is 10.4. The molecule has 1 aromatic heterocycles. The average molecular weight is 341 g/mol. The van der Waals surface area contributed by atoms with Gasteiger partial charge in [-0.1, -0.05) is 11.6 Å². The molecular formula is C15H17ClN2O3S. The minimum Gasteiger partial charge on any atom is -0.493 e. The van der Waals surface area contributed by atoms with Crippen LogP contribution in [0, 0.1) is 6.92 Å². The standard InChI is InChI=1S/C15H17ClN2O3S/c1-9-17-10(8-22-9)4-5-15(19)18-12-7-14(21-3)13(20-2)6-11(12)16/h6-8H,4-5H2,1-3H3,(H,18,19). The summed E-state index contributed by atoms with van der Waals surface area (Å²) in [6.45, 7) is 1.94. The number of ether oxygens (including phenoxy) is 2. The Labute approximate surface area is 138 Å². The number of thiazole rings is 1. The van der Waals surface area contributed by atoms with E-state index in [1.807, 2.05) is 12.3 Å². The molecule has 118 valence electrons. The Kier molecular flexibility index (Phi) is 5.63. The molecule has 0 saturated heterocycles. The number of aromatic nitrogens is 1. The maximum atomic E-state index is 12.0. The van der Waals surface area contributed by atoms with Crippen molar-refractivity contribution in [2.24, 2.45) is 0 Å². The van der Waals surface area contributed by atoms with E-state index in [-0.39, 0.29) is 5.91 Å². The Morgan fingerprint density at radius 3 is 2.59 bits per heavy atom. The maximum absolute atomic E-state index is 12.0. The lowest BCUT2D eigenvalue weighted by molar-refractivity contribution is -0.116. The Bertz CT molecular complexity index is 673. The number of carbonyl (C=O) groups is 1. The van der Waals surface area contributed by atoms with Crippen LogP contribution in [-0.4, -0.2) is 25.1 Å². The molecule has 0 spiro atoms. The van der Waals surface area contributed by atoms with Gasteiger partial charge in [0.1, 0.15) is 0 Å². The van der Waals surface area contributed by atoms with Gasteiger partial charge in [-0.05, 0) is 13.3 Å². The summed E-state index contributed by atoms with van der Waals surface area (Å²) < 4.78 is 10.4. The van der Waals surface area contributed by atoms with Gasteiger partial charge in [-0.25, -0.2) is 4.98 Å². The van der Waals surface area contributed by atoms with E-state index in [0.717, 1.165) is 10.7 Å². The van der Waals surface area contributed by atoms with Crippen LogP contribution in [0.25, 0.3) is 0 Å². The second kappa shape index (κ2) is 7.47. The second-order valence-electron chi connectivity index (χ2n) is 4.59. The van der Waals surface area contributed by atoms with Crippen molar-refractivity contribution in [3.8, 4) is 11.5 Å². The highest BCUT2D eigenvalue weighted by Gasteiger charge is 2.12. The Hall–Kier alpha value is -1.79. The van der Waals surface area contributed by atoms with Gasteiger partial charge < -0.3 is 14.8 Å². The van der Waals surface area contributed by atoms with Crippen molar-refractivity contribution in [2.45, 2.75) is 19.8 Å². The summed E-state index contributed by atoms with van der Waals surface area (Å²) in [6, 6.07) is 3.26. The molecule has 7 heteroatoms. The molecule has 1 amide bonds. The zero-order valence-electron chi connectivity index (χ0n) is 12.6. The first-order chi connectivity index (χ1) is 10.5. The van der Waals surface area contributed by atoms with Crippen LogP contribution in [0.2, 0.25) is 5.02 Å². The van der Waals surface area contributed by atoms with Crippen LogP contribution < -0.4 is 14.8 Å². The van der Waals surface area contributed by atoms with Crippen molar-refractivity contribution in [1.82, 2.24) is 4.98 Å². The van der Waals surface area contributed by atoms with Crippen molar-refractivity contribution in [3.05, 3.63) is 33.2 Å². The lowest BCUT2D eigenvalue weighted by Crippen LogP contribution is -2.13. The fraction of sp³-hybridized carbons (Fsp3) is 0.333. The van der Waals surface area contributed by atoms with Gasteiger partial charge >= 0.3 is 0 Å². The number of methoxy groups -OCH3 is 2. The van der Waals surface area contributed by atoms with Crippen molar-refractivity contribution in [1.29, 1.82) is 0 Å². The summed E-state index contributed by atoms with van der Waals surface area (Å²) >= 11 is 7.72. The van der Waals surface area contributed by atoms with Crippen LogP contribution in [-0.2, 0) is 11.2 Å². The van der Waals surface area contributed by atoms with E-state index in [2.05, 4.69) is 10.3 Å². The predicted octanol–water partition coefficient (Wildman–Crippen LogP) is 3.69. The first-order valence-corrected chi connectivity index (χ1v) is 7.91. The van der Waals surface area contributed by atoms with Gasteiger partial charge in [0, 0.05) is 23.9 Å². The SMILES string of the molecule is COc1cc(Cl)c(NC(=O)CCc2csc(C)n2)cc1OC. The molecule has 22 heavy (non-hydrogen) atoms. The minimum absolute atomic E-state index is 0.125. The summed E-state index contributed by atoms with van der Waals surface area (Å²) in [6.07, 6.45) is 0.939. The van der Waals surface area contributed by atoms with E-state index in [0.29, 0.717) is 35.1 Å². The minimum atomic E-state index is -0.125. The molecule has 0 aliphatic carbocycles. The van der Waals surface area contributed by atoms with E-state index < -0.39 is 0 Å². The van der Waals surface area contributed by atoms with E-state index in [9.17, 15) is 4.79 Å². The fourth-order valence-electron chi connectivity index (χ4n) is 1.93. The smallest absolute Gasteiger partial charge is 0.224 e. The molecule has 0 saturated carbocycles. The molecule has 0 aliphatic heterocycles. The van der Waals surface area contributed by atoms with E-state index in [1.165, 1.54) is 14.2 Å². The fourth-order valence-corrected chi connectivity index (χ4v) is 2.78. The van der Waals surface area contributed by atoms with Crippen LogP contribution in [0.1, 0.15) is 17.1 Å². The van der Waals surface area contributed by atoms with Gasteiger partial charge in [0.2, 0.25) is 5.91 Å². The van der Waals surface area contributed by atoms with Crippen LogP contribution in [0.5, 0.6) is 11.5 Å². The molecule has 0 fully saturated rings. The first-order valence-electron chi connectivity index (χ1n) is 6.66. The number of hydrogen-bond acceptors (Lipinski definition) is 5. The lowest BCUT2D eigenvalue weighted by Gasteiger charge is -2.12. The van der Waals surface area contributed by atoms with Gasteiger partial charge in [0.05, 0.1) is 35.6 Å². The zero-order valence-corrected chi connectivity index (χ0v) is 14.2. The van der Waals surface area contributed by atoms with E-state index in [4.69, 9.17) is 21.1 Å². The Morgan fingerprint density at radius 2 is 2.00 bits per heavy atom. The second-order valence-corrected chi connectivity index (χ2v) is 6.06.